The van der Waals surface area contributed by atoms with Crippen LogP contribution in [0.15, 0.2) is 28.9 Å². The first-order chi connectivity index (χ1) is 9.38. The van der Waals surface area contributed by atoms with E-state index in [-0.39, 0.29) is 16.7 Å². The molecular formula is C14H13BrClN3O. The van der Waals surface area contributed by atoms with Crippen LogP contribution in [0.5, 0.6) is 0 Å². The van der Waals surface area contributed by atoms with Crippen LogP contribution >= 0.6 is 27.5 Å². The molecule has 0 unspecified atom stereocenters. The van der Waals surface area contributed by atoms with Crippen LogP contribution in [-0.2, 0) is 0 Å². The van der Waals surface area contributed by atoms with Gasteiger partial charge in [-0.2, -0.15) is 0 Å². The molecular weight excluding hydrogens is 342 g/mol. The molecule has 3 N–H and O–H groups in total. The molecule has 0 aliphatic rings. The molecule has 1 amide bonds. The number of anilines is 2. The Morgan fingerprint density at radius 2 is 2.05 bits per heavy atom. The van der Waals surface area contributed by atoms with E-state index in [9.17, 15) is 4.79 Å². The van der Waals surface area contributed by atoms with Gasteiger partial charge in [0.15, 0.2) is 0 Å². The summed E-state index contributed by atoms with van der Waals surface area (Å²) >= 11 is 9.42. The summed E-state index contributed by atoms with van der Waals surface area (Å²) in [6.45, 7) is 3.92. The van der Waals surface area contributed by atoms with Crippen LogP contribution in [-0.4, -0.2) is 10.9 Å². The van der Waals surface area contributed by atoms with Gasteiger partial charge in [0, 0.05) is 10.7 Å². The zero-order valence-corrected chi connectivity index (χ0v) is 13.3. The molecule has 20 heavy (non-hydrogen) atoms. The molecule has 4 nitrogen and oxygen atoms in total. The van der Waals surface area contributed by atoms with Crippen LogP contribution in [0.2, 0.25) is 5.02 Å². The predicted octanol–water partition coefficient (Wildman–Crippen LogP) is 3.95. The summed E-state index contributed by atoms with van der Waals surface area (Å²) in [5.41, 5.74) is 8.66. The van der Waals surface area contributed by atoms with E-state index in [4.69, 9.17) is 17.3 Å². The highest BCUT2D eigenvalue weighted by Crippen LogP contribution is 2.29. The molecule has 0 radical (unpaired) electrons. The number of pyridine rings is 1. The maximum Gasteiger partial charge on any atom is 0.257 e. The highest BCUT2D eigenvalue weighted by molar-refractivity contribution is 9.10. The first-order valence-corrected chi connectivity index (χ1v) is 7.04. The summed E-state index contributed by atoms with van der Waals surface area (Å²) in [6, 6.07) is 5.38. The van der Waals surface area contributed by atoms with Gasteiger partial charge in [-0.3, -0.25) is 4.79 Å². The fourth-order valence-electron chi connectivity index (χ4n) is 1.88. The Hall–Kier alpha value is -1.59. The van der Waals surface area contributed by atoms with Crippen molar-refractivity contribution in [2.45, 2.75) is 13.8 Å². The maximum absolute atomic E-state index is 12.3. The fraction of sp³-hybridized carbons (Fsp3) is 0.143. The third-order valence-corrected chi connectivity index (χ3v) is 3.72. The zero-order chi connectivity index (χ0) is 14.9. The first-order valence-electron chi connectivity index (χ1n) is 5.87. The van der Waals surface area contributed by atoms with Crippen molar-refractivity contribution in [2.75, 3.05) is 11.1 Å². The van der Waals surface area contributed by atoms with E-state index < -0.39 is 0 Å². The van der Waals surface area contributed by atoms with Crippen molar-refractivity contribution in [3.8, 4) is 0 Å². The van der Waals surface area contributed by atoms with E-state index in [1.165, 1.54) is 12.3 Å². The third kappa shape index (κ3) is 3.11. The van der Waals surface area contributed by atoms with Crippen LogP contribution in [0.3, 0.4) is 0 Å². The normalized spacial score (nSPS) is 10.4. The molecule has 1 heterocycles. The van der Waals surface area contributed by atoms with Crippen LogP contribution in [0.25, 0.3) is 0 Å². The number of benzene rings is 1. The molecule has 0 aliphatic heterocycles. The number of amides is 1. The second-order valence-corrected chi connectivity index (χ2v) is 5.74. The van der Waals surface area contributed by atoms with Crippen LogP contribution < -0.4 is 11.1 Å². The van der Waals surface area contributed by atoms with Gasteiger partial charge in [-0.15, -0.1) is 0 Å². The van der Waals surface area contributed by atoms with Crippen molar-refractivity contribution in [3.05, 3.63) is 50.6 Å². The molecule has 0 saturated heterocycles. The standard InChI is InChI=1S/C14H13BrClN3O/c1-7-3-8(2)13(10(15)4-7)19-14(20)9-5-12(17)18-6-11(9)16/h3-6H,1-2H3,(H2,17,18)(H,19,20). The van der Waals surface area contributed by atoms with Gasteiger partial charge in [0.05, 0.1) is 16.3 Å². The average Bonchev–Trinajstić information content (AvgIpc) is 2.36. The summed E-state index contributed by atoms with van der Waals surface area (Å²) in [5.74, 6) is -0.0732. The molecule has 6 heteroatoms. The van der Waals surface area contributed by atoms with E-state index in [0.717, 1.165) is 15.6 Å². The highest BCUT2D eigenvalue weighted by atomic mass is 79.9. The van der Waals surface area contributed by atoms with E-state index in [0.29, 0.717) is 11.3 Å². The predicted molar refractivity (Wildman–Crippen MR) is 85.2 cm³/mol. The smallest absolute Gasteiger partial charge is 0.257 e. The van der Waals surface area contributed by atoms with Gasteiger partial charge in [0.25, 0.3) is 5.91 Å². The minimum Gasteiger partial charge on any atom is -0.384 e. The Bertz CT molecular complexity index is 665. The third-order valence-electron chi connectivity index (χ3n) is 2.79. The lowest BCUT2D eigenvalue weighted by Crippen LogP contribution is -2.14. The largest absolute Gasteiger partial charge is 0.384 e. The minimum absolute atomic E-state index is 0.249. The van der Waals surface area contributed by atoms with Gasteiger partial charge in [-0.1, -0.05) is 17.7 Å². The van der Waals surface area contributed by atoms with Crippen LogP contribution in [0.1, 0.15) is 21.5 Å². The molecule has 1 aromatic carbocycles. The molecule has 104 valence electrons. The lowest BCUT2D eigenvalue weighted by Gasteiger charge is -2.12. The Morgan fingerprint density at radius 1 is 1.35 bits per heavy atom. The minimum atomic E-state index is -0.322. The molecule has 0 bridgehead atoms. The van der Waals surface area contributed by atoms with E-state index >= 15 is 0 Å². The molecule has 0 spiro atoms. The van der Waals surface area contributed by atoms with Gasteiger partial charge in [0.1, 0.15) is 5.82 Å². The molecule has 2 aromatic rings. The number of carbonyl (C=O) groups is 1. The monoisotopic (exact) mass is 353 g/mol. The number of nitrogens with one attached hydrogen (secondary N) is 1. The number of nitrogen functional groups attached to an aromatic ring is 1. The second-order valence-electron chi connectivity index (χ2n) is 4.48. The van der Waals surface area contributed by atoms with Crippen LogP contribution in [0.4, 0.5) is 11.5 Å². The first kappa shape index (κ1) is 14.8. The van der Waals surface area contributed by atoms with Gasteiger partial charge >= 0.3 is 0 Å². The number of aryl methyl sites for hydroxylation is 2. The number of hydrogen-bond acceptors (Lipinski definition) is 3. The number of aromatic nitrogens is 1. The van der Waals surface area contributed by atoms with E-state index in [2.05, 4.69) is 26.2 Å². The Kier molecular flexibility index (Phi) is 4.30. The summed E-state index contributed by atoms with van der Waals surface area (Å²) < 4.78 is 0.821. The summed E-state index contributed by atoms with van der Waals surface area (Å²) in [7, 11) is 0. The number of carbonyl (C=O) groups excluding carboxylic acids is 1. The maximum atomic E-state index is 12.3. The van der Waals surface area contributed by atoms with Crippen molar-refractivity contribution in [1.82, 2.24) is 4.98 Å². The topological polar surface area (TPSA) is 68.0 Å². The quantitative estimate of drug-likeness (QED) is 0.858. The Morgan fingerprint density at radius 3 is 2.70 bits per heavy atom. The molecule has 0 aliphatic carbocycles. The lowest BCUT2D eigenvalue weighted by atomic mass is 10.1. The number of rotatable bonds is 2. The van der Waals surface area contributed by atoms with Gasteiger partial charge in [-0.05, 0) is 53.0 Å². The number of nitrogens with zero attached hydrogens (tertiary/aromatic N) is 1. The molecule has 0 atom stereocenters. The summed E-state index contributed by atoms with van der Waals surface area (Å²) in [5, 5.41) is 3.10. The van der Waals surface area contributed by atoms with Crippen molar-refractivity contribution < 1.29 is 4.79 Å². The van der Waals surface area contributed by atoms with Crippen molar-refractivity contribution in [2.24, 2.45) is 0 Å². The van der Waals surface area contributed by atoms with Gasteiger partial charge < -0.3 is 11.1 Å². The fourth-order valence-corrected chi connectivity index (χ4v) is 2.85. The SMILES string of the molecule is Cc1cc(C)c(NC(=O)c2cc(N)ncc2Cl)c(Br)c1. The Labute approximate surface area is 130 Å². The zero-order valence-electron chi connectivity index (χ0n) is 11.0. The van der Waals surface area contributed by atoms with Gasteiger partial charge in [-0.25, -0.2) is 4.98 Å². The van der Waals surface area contributed by atoms with Gasteiger partial charge in [0.2, 0.25) is 0 Å². The summed E-state index contributed by atoms with van der Waals surface area (Å²) in [6.07, 6.45) is 1.36. The van der Waals surface area contributed by atoms with E-state index in [1.807, 2.05) is 26.0 Å². The highest BCUT2D eigenvalue weighted by Gasteiger charge is 2.14. The molecule has 0 fully saturated rings. The number of nitrogens with two attached hydrogens (primary N) is 1. The van der Waals surface area contributed by atoms with Crippen molar-refractivity contribution in [3.63, 3.8) is 0 Å². The number of hydrogen-bond donors (Lipinski definition) is 2. The molecule has 2 rings (SSSR count). The number of halogens is 2. The Balaban J connectivity index is 2.35. The molecule has 0 saturated carbocycles. The van der Waals surface area contributed by atoms with Crippen LogP contribution in [0, 0.1) is 13.8 Å². The van der Waals surface area contributed by atoms with E-state index in [1.54, 1.807) is 0 Å². The average molecular weight is 355 g/mol. The summed E-state index contributed by atoms with van der Waals surface area (Å²) in [4.78, 5) is 16.1. The molecule has 1 aromatic heterocycles. The lowest BCUT2D eigenvalue weighted by molar-refractivity contribution is 0.102. The van der Waals surface area contributed by atoms with Crippen molar-refractivity contribution >= 4 is 44.9 Å². The van der Waals surface area contributed by atoms with Crippen molar-refractivity contribution in [1.29, 1.82) is 0 Å². The second kappa shape index (κ2) is 5.81.